The van der Waals surface area contributed by atoms with E-state index in [1.807, 2.05) is 13.8 Å². The highest BCUT2D eigenvalue weighted by Gasteiger charge is 2.28. The van der Waals surface area contributed by atoms with E-state index in [-0.39, 0.29) is 11.5 Å². The molecule has 0 unspecified atom stereocenters. The van der Waals surface area contributed by atoms with Crippen LogP contribution in [-0.4, -0.2) is 30.2 Å². The minimum atomic E-state index is -3.03. The number of carbonyl (C=O) groups excluding carboxylic acids is 1. The van der Waals surface area contributed by atoms with Gasteiger partial charge in [-0.05, 0) is 12.3 Å². The first kappa shape index (κ1) is 12.3. The van der Waals surface area contributed by atoms with Crippen LogP contribution in [0.25, 0.3) is 0 Å². The summed E-state index contributed by atoms with van der Waals surface area (Å²) in [4.78, 5) is 11.1. The molecule has 0 atom stereocenters. The second kappa shape index (κ2) is 4.25. The van der Waals surface area contributed by atoms with Crippen molar-refractivity contribution in [3.05, 3.63) is 17.0 Å². The minimum Gasteiger partial charge on any atom is -0.296 e. The summed E-state index contributed by atoms with van der Waals surface area (Å²) in [6.45, 7) is 4.71. The Kier molecular flexibility index (Phi) is 3.07. The standard InChI is InChI=1S/C11H16N2O3S/c1-8(2)5-13-11(6-14)9-3-4-17(15,16)7-10(9)12-13/h6,8H,3-5,7H2,1-2H3. The van der Waals surface area contributed by atoms with Gasteiger partial charge in [-0.25, -0.2) is 8.42 Å². The Morgan fingerprint density at radius 1 is 1.47 bits per heavy atom. The number of fused-ring (bicyclic) bond motifs is 1. The van der Waals surface area contributed by atoms with Crippen LogP contribution in [0, 0.1) is 5.92 Å². The van der Waals surface area contributed by atoms with Crippen molar-refractivity contribution in [1.82, 2.24) is 9.78 Å². The van der Waals surface area contributed by atoms with E-state index in [1.54, 1.807) is 4.68 Å². The third kappa shape index (κ3) is 2.41. The number of aldehydes is 1. The molecule has 1 aliphatic rings. The van der Waals surface area contributed by atoms with Crippen LogP contribution in [0.5, 0.6) is 0 Å². The number of hydrogen-bond donors (Lipinski definition) is 0. The molecule has 0 N–H and O–H groups in total. The summed E-state index contributed by atoms with van der Waals surface area (Å²) in [6.07, 6.45) is 1.19. The molecular formula is C11H16N2O3S. The van der Waals surface area contributed by atoms with Gasteiger partial charge in [0.15, 0.2) is 16.1 Å². The van der Waals surface area contributed by atoms with Crippen LogP contribution in [0.15, 0.2) is 0 Å². The van der Waals surface area contributed by atoms with Gasteiger partial charge in [0.05, 0.1) is 17.2 Å². The highest BCUT2D eigenvalue weighted by atomic mass is 32.2. The maximum atomic E-state index is 11.5. The van der Waals surface area contributed by atoms with E-state index < -0.39 is 9.84 Å². The van der Waals surface area contributed by atoms with Crippen LogP contribution in [0.2, 0.25) is 0 Å². The van der Waals surface area contributed by atoms with E-state index in [0.717, 1.165) is 11.8 Å². The molecule has 0 radical (unpaired) electrons. The van der Waals surface area contributed by atoms with Gasteiger partial charge in [-0.2, -0.15) is 5.10 Å². The van der Waals surface area contributed by atoms with Crippen LogP contribution < -0.4 is 0 Å². The van der Waals surface area contributed by atoms with E-state index in [4.69, 9.17) is 0 Å². The van der Waals surface area contributed by atoms with Crippen molar-refractivity contribution in [1.29, 1.82) is 0 Å². The van der Waals surface area contributed by atoms with Gasteiger partial charge in [-0.1, -0.05) is 13.8 Å². The van der Waals surface area contributed by atoms with Gasteiger partial charge in [-0.15, -0.1) is 0 Å². The third-order valence-electron chi connectivity index (χ3n) is 2.85. The van der Waals surface area contributed by atoms with Gasteiger partial charge in [0.1, 0.15) is 5.69 Å². The summed E-state index contributed by atoms with van der Waals surface area (Å²) in [6, 6.07) is 0. The summed E-state index contributed by atoms with van der Waals surface area (Å²) in [7, 11) is -3.03. The maximum absolute atomic E-state index is 11.5. The molecule has 0 aliphatic carbocycles. The van der Waals surface area contributed by atoms with Gasteiger partial charge in [-0.3, -0.25) is 9.48 Å². The minimum absolute atomic E-state index is 0.0335. The average Bonchev–Trinajstić information content (AvgIpc) is 2.51. The van der Waals surface area contributed by atoms with Gasteiger partial charge in [0.25, 0.3) is 0 Å². The molecule has 6 heteroatoms. The lowest BCUT2D eigenvalue weighted by atomic mass is 10.1. The quantitative estimate of drug-likeness (QED) is 0.751. The van der Waals surface area contributed by atoms with E-state index in [0.29, 0.717) is 30.3 Å². The lowest BCUT2D eigenvalue weighted by Crippen LogP contribution is -2.18. The highest BCUT2D eigenvalue weighted by molar-refractivity contribution is 7.90. The molecule has 2 heterocycles. The largest absolute Gasteiger partial charge is 0.296 e. The fourth-order valence-electron chi connectivity index (χ4n) is 2.11. The second-order valence-corrected chi connectivity index (χ2v) is 7.03. The van der Waals surface area contributed by atoms with E-state index >= 15 is 0 Å². The molecule has 94 valence electrons. The summed E-state index contributed by atoms with van der Waals surface area (Å²) in [5.41, 5.74) is 1.91. The van der Waals surface area contributed by atoms with E-state index in [9.17, 15) is 13.2 Å². The molecule has 0 saturated heterocycles. The third-order valence-corrected chi connectivity index (χ3v) is 4.39. The average molecular weight is 256 g/mol. The number of aromatic nitrogens is 2. The maximum Gasteiger partial charge on any atom is 0.168 e. The summed E-state index contributed by atoms with van der Waals surface area (Å²) in [5.74, 6) is 0.453. The Labute approximate surface area is 101 Å². The Bertz CT molecular complexity index is 543. The molecule has 0 aromatic carbocycles. The van der Waals surface area contributed by atoms with Crippen molar-refractivity contribution < 1.29 is 13.2 Å². The topological polar surface area (TPSA) is 69.0 Å². The first-order valence-electron chi connectivity index (χ1n) is 5.67. The SMILES string of the molecule is CC(C)Cn1nc2c(c1C=O)CCS(=O)(=O)C2. The number of sulfone groups is 1. The highest BCUT2D eigenvalue weighted by Crippen LogP contribution is 2.23. The second-order valence-electron chi connectivity index (χ2n) is 4.85. The number of carbonyl (C=O) groups is 1. The monoisotopic (exact) mass is 256 g/mol. The van der Waals surface area contributed by atoms with Crippen molar-refractivity contribution in [2.24, 2.45) is 5.92 Å². The Balaban J connectivity index is 2.45. The van der Waals surface area contributed by atoms with Gasteiger partial charge in [0, 0.05) is 12.1 Å². The molecule has 0 amide bonds. The number of hydrogen-bond acceptors (Lipinski definition) is 4. The molecule has 0 spiro atoms. The first-order chi connectivity index (χ1) is 7.93. The van der Waals surface area contributed by atoms with Gasteiger partial charge < -0.3 is 0 Å². The predicted octanol–water partition coefficient (Wildman–Crippen LogP) is 0.822. The number of rotatable bonds is 3. The molecule has 2 rings (SSSR count). The van der Waals surface area contributed by atoms with Crippen LogP contribution in [-0.2, 0) is 28.6 Å². The zero-order chi connectivity index (χ0) is 12.6. The van der Waals surface area contributed by atoms with Gasteiger partial charge >= 0.3 is 0 Å². The molecule has 0 fully saturated rings. The van der Waals surface area contributed by atoms with Crippen LogP contribution in [0.1, 0.15) is 35.6 Å². The summed E-state index contributed by atoms with van der Waals surface area (Å²) >= 11 is 0. The lowest BCUT2D eigenvalue weighted by Gasteiger charge is -2.10. The fourth-order valence-corrected chi connectivity index (χ4v) is 3.41. The molecule has 1 aromatic rings. The Morgan fingerprint density at radius 2 is 2.18 bits per heavy atom. The summed E-state index contributed by atoms with van der Waals surface area (Å²) < 4.78 is 24.7. The Morgan fingerprint density at radius 3 is 2.76 bits per heavy atom. The predicted molar refractivity (Wildman–Crippen MR) is 63.6 cm³/mol. The van der Waals surface area contributed by atoms with Crippen molar-refractivity contribution in [3.8, 4) is 0 Å². The normalized spacial score (nSPS) is 18.1. The molecule has 0 bridgehead atoms. The molecule has 1 aromatic heterocycles. The van der Waals surface area contributed by atoms with Crippen molar-refractivity contribution in [2.45, 2.75) is 32.6 Å². The zero-order valence-corrected chi connectivity index (χ0v) is 10.8. The van der Waals surface area contributed by atoms with Crippen molar-refractivity contribution in [2.75, 3.05) is 5.75 Å². The molecule has 17 heavy (non-hydrogen) atoms. The van der Waals surface area contributed by atoms with Crippen molar-refractivity contribution >= 4 is 16.1 Å². The van der Waals surface area contributed by atoms with Crippen molar-refractivity contribution in [3.63, 3.8) is 0 Å². The molecule has 0 saturated carbocycles. The Hall–Kier alpha value is -1.17. The van der Waals surface area contributed by atoms with Crippen LogP contribution in [0.4, 0.5) is 0 Å². The van der Waals surface area contributed by atoms with Crippen LogP contribution in [0.3, 0.4) is 0 Å². The fraction of sp³-hybridized carbons (Fsp3) is 0.636. The molecular weight excluding hydrogens is 240 g/mol. The van der Waals surface area contributed by atoms with E-state index in [1.165, 1.54) is 0 Å². The zero-order valence-electron chi connectivity index (χ0n) is 10.0. The first-order valence-corrected chi connectivity index (χ1v) is 7.49. The lowest BCUT2D eigenvalue weighted by molar-refractivity contribution is 0.111. The van der Waals surface area contributed by atoms with Gasteiger partial charge in [0.2, 0.25) is 0 Å². The number of nitrogens with zero attached hydrogens (tertiary/aromatic N) is 2. The van der Waals surface area contributed by atoms with Crippen LogP contribution >= 0.6 is 0 Å². The smallest absolute Gasteiger partial charge is 0.168 e. The summed E-state index contributed by atoms with van der Waals surface area (Å²) in [5, 5.41) is 4.26. The van der Waals surface area contributed by atoms with E-state index in [2.05, 4.69) is 5.10 Å². The molecule has 1 aliphatic heterocycles. The molecule has 5 nitrogen and oxygen atoms in total.